The van der Waals surface area contributed by atoms with Gasteiger partial charge in [0.05, 0.1) is 11.6 Å². The number of aromatic nitrogens is 1. The van der Waals surface area contributed by atoms with E-state index in [0.29, 0.717) is 5.56 Å². The molecule has 0 amide bonds. The molecule has 1 aromatic heterocycles. The summed E-state index contributed by atoms with van der Waals surface area (Å²) in [5.41, 5.74) is 5.20. The molecule has 0 atom stereocenters. The summed E-state index contributed by atoms with van der Waals surface area (Å²) in [6.45, 7) is 0. The number of benzene rings is 2. The van der Waals surface area contributed by atoms with Crippen LogP contribution < -0.4 is 9.47 Å². The first kappa shape index (κ1) is 15.8. The average Bonchev–Trinajstić information content (AvgIpc) is 2.61. The van der Waals surface area contributed by atoms with Gasteiger partial charge in [0.1, 0.15) is 7.05 Å². The van der Waals surface area contributed by atoms with Gasteiger partial charge in [0, 0.05) is 43.4 Å². The van der Waals surface area contributed by atoms with E-state index >= 15 is 0 Å². The van der Waals surface area contributed by atoms with Crippen molar-refractivity contribution >= 4 is 28.7 Å². The summed E-state index contributed by atoms with van der Waals surface area (Å²) in [6, 6.07) is 20.5. The van der Waals surface area contributed by atoms with Gasteiger partial charge in [-0.1, -0.05) is 12.1 Å². The van der Waals surface area contributed by atoms with Gasteiger partial charge in [0.2, 0.25) is 11.2 Å². The van der Waals surface area contributed by atoms with Crippen LogP contribution in [0.15, 0.2) is 54.6 Å². The van der Waals surface area contributed by atoms with E-state index in [0.717, 1.165) is 11.3 Å². The number of rotatable bonds is 3. The molecule has 3 rings (SSSR count). The summed E-state index contributed by atoms with van der Waals surface area (Å²) in [5.74, 6) is 0. The lowest BCUT2D eigenvalue weighted by molar-refractivity contribution is -0.646. The number of nitrogens with zero attached hydrogens (tertiary/aromatic N) is 3. The lowest BCUT2D eigenvalue weighted by atomic mass is 10.1. The highest BCUT2D eigenvalue weighted by atomic mass is 15.1. The predicted molar refractivity (Wildman–Crippen MR) is 99.5 cm³/mol. The van der Waals surface area contributed by atoms with Gasteiger partial charge in [-0.25, -0.2) is 0 Å². The van der Waals surface area contributed by atoms with Crippen molar-refractivity contribution in [3.05, 3.63) is 71.4 Å². The minimum absolute atomic E-state index is 0.677. The normalized spacial score (nSPS) is 10.9. The first-order chi connectivity index (χ1) is 11.6. The molecule has 24 heavy (non-hydrogen) atoms. The van der Waals surface area contributed by atoms with E-state index in [-0.39, 0.29) is 0 Å². The zero-order valence-electron chi connectivity index (χ0n) is 14.2. The van der Waals surface area contributed by atoms with Gasteiger partial charge >= 0.3 is 0 Å². The molecule has 3 nitrogen and oxygen atoms in total. The Bertz CT molecular complexity index is 962. The van der Waals surface area contributed by atoms with Crippen LogP contribution in [0, 0.1) is 11.3 Å². The fourth-order valence-corrected chi connectivity index (χ4v) is 2.75. The third-order valence-electron chi connectivity index (χ3n) is 4.17. The lowest BCUT2D eigenvalue weighted by Crippen LogP contribution is -2.32. The van der Waals surface area contributed by atoms with Gasteiger partial charge in [-0.2, -0.15) is 9.83 Å². The first-order valence-corrected chi connectivity index (χ1v) is 7.87. The molecule has 1 heterocycles. The van der Waals surface area contributed by atoms with Crippen molar-refractivity contribution in [2.24, 2.45) is 7.05 Å². The summed E-state index contributed by atoms with van der Waals surface area (Å²) in [7, 11) is 6.17. The van der Waals surface area contributed by atoms with Crippen molar-refractivity contribution in [3.63, 3.8) is 0 Å². The summed E-state index contributed by atoms with van der Waals surface area (Å²) < 4.78 is 2.18. The monoisotopic (exact) mass is 314 g/mol. The lowest BCUT2D eigenvalue weighted by Gasteiger charge is -2.12. The minimum Gasteiger partial charge on any atom is -0.378 e. The molecule has 0 saturated carbocycles. The van der Waals surface area contributed by atoms with E-state index in [4.69, 9.17) is 5.26 Å². The zero-order chi connectivity index (χ0) is 17.1. The average molecular weight is 314 g/mol. The van der Waals surface area contributed by atoms with Crippen LogP contribution in [0.5, 0.6) is 0 Å². The van der Waals surface area contributed by atoms with Gasteiger partial charge in [-0.3, -0.25) is 0 Å². The molecule has 0 radical (unpaired) electrons. The molecule has 0 spiro atoms. The minimum atomic E-state index is 0.677. The third-order valence-corrected chi connectivity index (χ3v) is 4.17. The third kappa shape index (κ3) is 3.13. The van der Waals surface area contributed by atoms with E-state index in [9.17, 15) is 0 Å². The van der Waals surface area contributed by atoms with E-state index in [1.807, 2.05) is 44.4 Å². The maximum atomic E-state index is 8.99. The van der Waals surface area contributed by atoms with Crippen LogP contribution in [-0.4, -0.2) is 14.1 Å². The summed E-state index contributed by atoms with van der Waals surface area (Å²) in [6.07, 6.45) is 4.12. The number of anilines is 1. The topological polar surface area (TPSA) is 30.9 Å². The fourth-order valence-electron chi connectivity index (χ4n) is 2.75. The largest absolute Gasteiger partial charge is 0.378 e. The molecule has 0 saturated heterocycles. The number of hydrogen-bond donors (Lipinski definition) is 0. The Morgan fingerprint density at radius 2 is 1.83 bits per heavy atom. The van der Waals surface area contributed by atoms with Gasteiger partial charge in [-0.15, -0.1) is 0 Å². The van der Waals surface area contributed by atoms with E-state index in [1.165, 1.54) is 16.6 Å². The smallest absolute Gasteiger partial charge is 0.212 e. The Hall–Kier alpha value is -3.12. The molecule has 0 unspecified atom stereocenters. The molecule has 0 fully saturated rings. The first-order valence-electron chi connectivity index (χ1n) is 7.87. The van der Waals surface area contributed by atoms with Crippen LogP contribution >= 0.6 is 0 Å². The maximum absolute atomic E-state index is 8.99. The van der Waals surface area contributed by atoms with Crippen molar-refractivity contribution in [1.29, 1.82) is 5.26 Å². The second kappa shape index (κ2) is 6.55. The Labute approximate surface area is 142 Å². The van der Waals surface area contributed by atoms with Crippen LogP contribution in [0.3, 0.4) is 0 Å². The quantitative estimate of drug-likeness (QED) is 0.689. The van der Waals surface area contributed by atoms with Crippen LogP contribution in [0.25, 0.3) is 23.1 Å². The Kier molecular flexibility index (Phi) is 4.31. The van der Waals surface area contributed by atoms with Gasteiger partial charge in [0.15, 0.2) is 0 Å². The summed E-state index contributed by atoms with van der Waals surface area (Å²) >= 11 is 0. The highest BCUT2D eigenvalue weighted by Gasteiger charge is 2.10. The van der Waals surface area contributed by atoms with Crippen LogP contribution in [0.2, 0.25) is 0 Å². The molecule has 0 aliphatic rings. The standard InChI is InChI=1S/C21H20N3/c1-23(2)20-11-12-21-18(14-20)8-10-19(24(21)3)9-7-16-5-4-6-17(13-16)15-22/h4-14H,1-3H3/q+1/b9-7+. The van der Waals surface area contributed by atoms with Crippen molar-refractivity contribution in [2.75, 3.05) is 19.0 Å². The van der Waals surface area contributed by atoms with Gasteiger partial charge in [0.25, 0.3) is 0 Å². The SMILES string of the molecule is CN(C)c1ccc2c(ccc(/C=C/c3cccc(C#N)c3)[n+]2C)c1. The Morgan fingerprint density at radius 3 is 2.58 bits per heavy atom. The fraction of sp³-hybridized carbons (Fsp3) is 0.143. The summed E-state index contributed by atoms with van der Waals surface area (Å²) in [5, 5.41) is 10.2. The van der Waals surface area contributed by atoms with Gasteiger partial charge < -0.3 is 4.90 Å². The molecule has 0 bridgehead atoms. The van der Waals surface area contributed by atoms with Crippen LogP contribution in [0.4, 0.5) is 5.69 Å². The van der Waals surface area contributed by atoms with Gasteiger partial charge in [-0.05, 0) is 42.0 Å². The van der Waals surface area contributed by atoms with Crippen molar-refractivity contribution in [2.45, 2.75) is 0 Å². The van der Waals surface area contributed by atoms with Crippen LogP contribution in [0.1, 0.15) is 16.8 Å². The van der Waals surface area contributed by atoms with Crippen molar-refractivity contribution in [1.82, 2.24) is 0 Å². The molecule has 0 N–H and O–H groups in total. The zero-order valence-corrected chi connectivity index (χ0v) is 14.2. The molecule has 3 heteroatoms. The molecular formula is C21H20N3+. The molecular weight excluding hydrogens is 294 g/mol. The Morgan fingerprint density at radius 1 is 1.00 bits per heavy atom. The second-order valence-electron chi connectivity index (χ2n) is 6.03. The highest BCUT2D eigenvalue weighted by Crippen LogP contribution is 2.19. The number of hydrogen-bond acceptors (Lipinski definition) is 2. The summed E-state index contributed by atoms with van der Waals surface area (Å²) in [4.78, 5) is 2.11. The van der Waals surface area contributed by atoms with E-state index in [2.05, 4.69) is 59.0 Å². The number of fused-ring (bicyclic) bond motifs is 1. The van der Waals surface area contributed by atoms with E-state index < -0.39 is 0 Å². The molecule has 0 aliphatic carbocycles. The molecule has 3 aromatic rings. The Balaban J connectivity index is 1.98. The molecule has 0 aliphatic heterocycles. The highest BCUT2D eigenvalue weighted by molar-refractivity contribution is 5.81. The number of pyridine rings is 1. The molecule has 2 aromatic carbocycles. The number of aryl methyl sites for hydroxylation is 1. The van der Waals surface area contributed by atoms with Crippen molar-refractivity contribution in [3.8, 4) is 6.07 Å². The van der Waals surface area contributed by atoms with Crippen LogP contribution in [-0.2, 0) is 7.05 Å². The molecule has 118 valence electrons. The number of nitriles is 1. The predicted octanol–water partition coefficient (Wildman–Crippen LogP) is 3.77. The second-order valence-corrected chi connectivity index (χ2v) is 6.03. The maximum Gasteiger partial charge on any atom is 0.212 e. The van der Waals surface area contributed by atoms with Crippen molar-refractivity contribution < 1.29 is 4.57 Å². The van der Waals surface area contributed by atoms with E-state index in [1.54, 1.807) is 0 Å².